The summed E-state index contributed by atoms with van der Waals surface area (Å²) in [5.41, 5.74) is 0.648. The van der Waals surface area contributed by atoms with E-state index in [4.69, 9.17) is 15.9 Å². The Labute approximate surface area is 111 Å². The molecule has 0 saturated heterocycles. The zero-order chi connectivity index (χ0) is 13.7. The number of carbonyl (C=O) groups is 1. The molecule has 0 radical (unpaired) electrons. The van der Waals surface area contributed by atoms with Crippen molar-refractivity contribution in [2.24, 2.45) is 0 Å². The van der Waals surface area contributed by atoms with E-state index in [0.717, 1.165) is 0 Å². The molecule has 0 aliphatic heterocycles. The van der Waals surface area contributed by atoms with Crippen LogP contribution in [0.2, 0.25) is 0 Å². The Hall–Kier alpha value is -2.73. The number of hydrogen-bond acceptors (Lipinski definition) is 3. The second-order valence-electron chi connectivity index (χ2n) is 3.84. The molecule has 1 aromatic rings. The van der Waals surface area contributed by atoms with E-state index in [1.165, 1.54) is 12.2 Å². The van der Waals surface area contributed by atoms with Crippen LogP contribution in [0, 0.1) is 12.3 Å². The van der Waals surface area contributed by atoms with Gasteiger partial charge in [0.25, 0.3) is 0 Å². The fourth-order valence-electron chi connectivity index (χ4n) is 1.51. The van der Waals surface area contributed by atoms with Crippen LogP contribution >= 0.6 is 0 Å². The average molecular weight is 252 g/mol. The molecule has 0 amide bonds. The third kappa shape index (κ3) is 3.36. The van der Waals surface area contributed by atoms with E-state index in [1.807, 2.05) is 0 Å². The van der Waals surface area contributed by atoms with Gasteiger partial charge < -0.3 is 9.47 Å². The van der Waals surface area contributed by atoms with Crippen LogP contribution in [-0.2, 0) is 4.79 Å². The second kappa shape index (κ2) is 5.74. The molecular weight excluding hydrogens is 240 g/mol. The first kappa shape index (κ1) is 12.7. The Morgan fingerprint density at radius 2 is 2.05 bits per heavy atom. The Balaban J connectivity index is 2.13. The van der Waals surface area contributed by atoms with Crippen molar-refractivity contribution in [3.8, 4) is 23.8 Å². The molecule has 2 rings (SSSR count). The van der Waals surface area contributed by atoms with Gasteiger partial charge >= 0.3 is 0 Å². The third-order valence-corrected chi connectivity index (χ3v) is 2.39. The fourth-order valence-corrected chi connectivity index (χ4v) is 1.51. The standard InChI is InChI=1S/C16H12O3/c1-3-9-18-14-5-4-6-15(11-14)19-16-10-13(17)8-7-12(16)2/h1,4-8,10-11H,2,9H2. The number of ketones is 1. The third-order valence-electron chi connectivity index (χ3n) is 2.39. The van der Waals surface area contributed by atoms with Gasteiger partial charge in [-0.2, -0.15) is 0 Å². The van der Waals surface area contributed by atoms with E-state index in [0.29, 0.717) is 22.8 Å². The van der Waals surface area contributed by atoms with E-state index in [-0.39, 0.29) is 12.4 Å². The quantitative estimate of drug-likeness (QED) is 0.773. The van der Waals surface area contributed by atoms with Crippen LogP contribution in [0.25, 0.3) is 0 Å². The van der Waals surface area contributed by atoms with Crippen LogP contribution in [0.4, 0.5) is 0 Å². The lowest BCUT2D eigenvalue weighted by Crippen LogP contribution is -2.05. The lowest BCUT2D eigenvalue weighted by Gasteiger charge is -2.13. The highest BCUT2D eigenvalue weighted by Gasteiger charge is 2.10. The van der Waals surface area contributed by atoms with Gasteiger partial charge in [-0.1, -0.05) is 18.6 Å². The number of ether oxygens (including phenoxy) is 2. The second-order valence-corrected chi connectivity index (χ2v) is 3.84. The smallest absolute Gasteiger partial charge is 0.182 e. The van der Waals surface area contributed by atoms with Gasteiger partial charge in [-0.15, -0.1) is 6.42 Å². The number of carbonyl (C=O) groups excluding carboxylic acids is 1. The maximum absolute atomic E-state index is 11.3. The summed E-state index contributed by atoms with van der Waals surface area (Å²) in [6.45, 7) is 4.00. The minimum absolute atomic E-state index is 0.123. The Kier molecular flexibility index (Phi) is 3.84. The first-order valence-electron chi connectivity index (χ1n) is 5.66. The molecule has 0 bridgehead atoms. The highest BCUT2D eigenvalue weighted by molar-refractivity contribution is 6.02. The van der Waals surface area contributed by atoms with E-state index in [9.17, 15) is 4.79 Å². The van der Waals surface area contributed by atoms with Gasteiger partial charge in [0.05, 0.1) is 0 Å². The van der Waals surface area contributed by atoms with Crippen LogP contribution in [0.1, 0.15) is 0 Å². The highest BCUT2D eigenvalue weighted by atomic mass is 16.5. The number of benzene rings is 1. The van der Waals surface area contributed by atoms with Crippen molar-refractivity contribution in [1.82, 2.24) is 0 Å². The Bertz CT molecular complexity index is 615. The van der Waals surface area contributed by atoms with E-state index < -0.39 is 0 Å². The molecule has 0 atom stereocenters. The number of terminal acetylenes is 1. The van der Waals surface area contributed by atoms with Gasteiger partial charge in [0, 0.05) is 17.7 Å². The predicted octanol–water partition coefficient (Wildman–Crippen LogP) is 2.66. The molecule has 19 heavy (non-hydrogen) atoms. The molecule has 3 heteroatoms. The largest absolute Gasteiger partial charge is 0.481 e. The zero-order valence-corrected chi connectivity index (χ0v) is 10.3. The van der Waals surface area contributed by atoms with Crippen LogP contribution in [-0.4, -0.2) is 12.4 Å². The van der Waals surface area contributed by atoms with Crippen molar-refractivity contribution in [1.29, 1.82) is 0 Å². The first-order chi connectivity index (χ1) is 9.19. The molecule has 0 saturated carbocycles. The maximum atomic E-state index is 11.3. The van der Waals surface area contributed by atoms with Gasteiger partial charge in [0.1, 0.15) is 23.9 Å². The summed E-state index contributed by atoms with van der Waals surface area (Å²) in [4.78, 5) is 11.3. The van der Waals surface area contributed by atoms with Gasteiger partial charge in [0.2, 0.25) is 0 Å². The maximum Gasteiger partial charge on any atom is 0.182 e. The normalized spacial score (nSPS) is 13.7. The lowest BCUT2D eigenvalue weighted by atomic mass is 10.1. The molecule has 1 aromatic carbocycles. The van der Waals surface area contributed by atoms with Gasteiger partial charge in [-0.25, -0.2) is 0 Å². The average Bonchev–Trinajstić information content (AvgIpc) is 2.41. The molecule has 3 nitrogen and oxygen atoms in total. The van der Waals surface area contributed by atoms with E-state index in [1.54, 1.807) is 30.3 Å². The van der Waals surface area contributed by atoms with Crippen LogP contribution in [0.3, 0.4) is 0 Å². The summed E-state index contributed by atoms with van der Waals surface area (Å²) < 4.78 is 10.9. The van der Waals surface area contributed by atoms with Gasteiger partial charge in [0.15, 0.2) is 5.78 Å². The van der Waals surface area contributed by atoms with Crippen LogP contribution in [0.15, 0.2) is 60.4 Å². The van der Waals surface area contributed by atoms with Crippen molar-refractivity contribution in [3.63, 3.8) is 0 Å². The van der Waals surface area contributed by atoms with Gasteiger partial charge in [-0.05, 0) is 24.3 Å². The molecule has 0 unspecified atom stereocenters. The summed E-state index contributed by atoms with van der Waals surface area (Å²) in [6, 6.07) is 7.03. The molecule has 0 fully saturated rings. The monoisotopic (exact) mass is 252 g/mol. The van der Waals surface area contributed by atoms with Crippen molar-refractivity contribution >= 4 is 5.78 Å². The topological polar surface area (TPSA) is 35.5 Å². The summed E-state index contributed by atoms with van der Waals surface area (Å²) in [5, 5.41) is 0. The van der Waals surface area contributed by atoms with Crippen molar-refractivity contribution < 1.29 is 14.3 Å². The summed E-state index contributed by atoms with van der Waals surface area (Å²) in [7, 11) is 0. The molecule has 0 N–H and O–H groups in total. The fraction of sp³-hybridized carbons (Fsp3) is 0.0625. The van der Waals surface area contributed by atoms with Crippen LogP contribution < -0.4 is 9.47 Å². The van der Waals surface area contributed by atoms with Crippen molar-refractivity contribution in [2.75, 3.05) is 6.61 Å². The van der Waals surface area contributed by atoms with Gasteiger partial charge in [-0.3, -0.25) is 4.79 Å². The SMILES string of the molecule is C#CCOc1cccc(OC2=CC(=O)C=CC2=C)c1. The Morgan fingerprint density at radius 3 is 2.84 bits per heavy atom. The first-order valence-corrected chi connectivity index (χ1v) is 5.66. The molecule has 94 valence electrons. The number of allylic oxidation sites excluding steroid dienone is 3. The molecule has 0 heterocycles. The molecule has 0 spiro atoms. The molecule has 1 aliphatic carbocycles. The summed E-state index contributed by atoms with van der Waals surface area (Å²) in [6.07, 6.45) is 9.59. The van der Waals surface area contributed by atoms with E-state index >= 15 is 0 Å². The minimum Gasteiger partial charge on any atom is -0.481 e. The molecular formula is C16H12O3. The summed E-state index contributed by atoms with van der Waals surface area (Å²) in [5.74, 6) is 3.87. The summed E-state index contributed by atoms with van der Waals surface area (Å²) >= 11 is 0. The predicted molar refractivity (Wildman–Crippen MR) is 72.8 cm³/mol. The van der Waals surface area contributed by atoms with Crippen LogP contribution in [0.5, 0.6) is 11.5 Å². The Morgan fingerprint density at radius 1 is 1.26 bits per heavy atom. The number of hydrogen-bond donors (Lipinski definition) is 0. The van der Waals surface area contributed by atoms with E-state index in [2.05, 4.69) is 12.5 Å². The minimum atomic E-state index is -0.123. The zero-order valence-electron chi connectivity index (χ0n) is 10.3. The molecule has 0 aromatic heterocycles. The number of rotatable bonds is 4. The highest BCUT2D eigenvalue weighted by Crippen LogP contribution is 2.24. The lowest BCUT2D eigenvalue weighted by molar-refractivity contribution is -0.110. The van der Waals surface area contributed by atoms with Crippen molar-refractivity contribution in [3.05, 3.63) is 60.4 Å². The molecule has 1 aliphatic rings. The van der Waals surface area contributed by atoms with Crippen molar-refractivity contribution in [2.45, 2.75) is 0 Å².